The highest BCUT2D eigenvalue weighted by Crippen LogP contribution is 2.32. The maximum atomic E-state index is 5.74. The van der Waals surface area contributed by atoms with E-state index in [-0.39, 0.29) is 0 Å². The predicted molar refractivity (Wildman–Crippen MR) is 68.2 cm³/mol. The topological polar surface area (TPSA) is 42.4 Å². The number of nitrogens with zero attached hydrogens (tertiary/aromatic N) is 1. The largest absolute Gasteiger partial charge is 0.453 e. The van der Waals surface area contributed by atoms with Gasteiger partial charge in [0.2, 0.25) is 0 Å². The second-order valence-electron chi connectivity index (χ2n) is 4.70. The van der Waals surface area contributed by atoms with Gasteiger partial charge in [-0.25, -0.2) is 0 Å². The van der Waals surface area contributed by atoms with E-state index >= 15 is 0 Å². The number of hydrogen-bond donors (Lipinski definition) is 1. The van der Waals surface area contributed by atoms with Gasteiger partial charge in [0.05, 0.1) is 6.04 Å². The molecule has 16 heavy (non-hydrogen) atoms. The van der Waals surface area contributed by atoms with Crippen molar-refractivity contribution in [1.82, 2.24) is 4.90 Å². The number of rotatable bonds is 3. The van der Waals surface area contributed by atoms with E-state index in [0.29, 0.717) is 18.0 Å². The summed E-state index contributed by atoms with van der Waals surface area (Å²) in [6, 6.07) is 4.91. The van der Waals surface area contributed by atoms with Crippen LogP contribution in [0.15, 0.2) is 21.2 Å². The van der Waals surface area contributed by atoms with Crippen LogP contribution in [0.25, 0.3) is 0 Å². The van der Waals surface area contributed by atoms with Crippen LogP contribution in [0.1, 0.15) is 32.1 Å². The van der Waals surface area contributed by atoms with Gasteiger partial charge in [-0.15, -0.1) is 0 Å². The third kappa shape index (κ3) is 2.34. The molecule has 0 bridgehead atoms. The zero-order chi connectivity index (χ0) is 11.7. The summed E-state index contributed by atoms with van der Waals surface area (Å²) in [5.41, 5.74) is 5.74. The minimum Gasteiger partial charge on any atom is -0.453 e. The first-order valence-electron chi connectivity index (χ1n) is 5.83. The lowest BCUT2D eigenvalue weighted by molar-refractivity contribution is 0.177. The maximum Gasteiger partial charge on any atom is 0.169 e. The van der Waals surface area contributed by atoms with Gasteiger partial charge in [-0.2, -0.15) is 0 Å². The van der Waals surface area contributed by atoms with Crippen molar-refractivity contribution in [2.45, 2.75) is 32.4 Å². The lowest BCUT2D eigenvalue weighted by atomic mass is 10.1. The van der Waals surface area contributed by atoms with E-state index in [4.69, 9.17) is 10.2 Å². The molecule has 1 fully saturated rings. The first-order chi connectivity index (χ1) is 7.61. The molecule has 1 saturated heterocycles. The monoisotopic (exact) mass is 286 g/mol. The summed E-state index contributed by atoms with van der Waals surface area (Å²) in [5, 5.41) is 0. The molecule has 1 aromatic rings. The molecule has 3 atom stereocenters. The molecule has 0 radical (unpaired) electrons. The second kappa shape index (κ2) is 4.90. The molecule has 4 heteroatoms. The van der Waals surface area contributed by atoms with E-state index in [2.05, 4.69) is 34.7 Å². The third-order valence-electron chi connectivity index (χ3n) is 3.55. The quantitative estimate of drug-likeness (QED) is 0.929. The Balaban J connectivity index is 2.07. The first kappa shape index (κ1) is 12.1. The van der Waals surface area contributed by atoms with Crippen LogP contribution >= 0.6 is 15.9 Å². The number of likely N-dealkylation sites (tertiary alicyclic amines) is 1. The zero-order valence-corrected chi connectivity index (χ0v) is 11.4. The summed E-state index contributed by atoms with van der Waals surface area (Å²) in [5.74, 6) is 1.66. The summed E-state index contributed by atoms with van der Waals surface area (Å²) in [4.78, 5) is 2.47. The Hall–Kier alpha value is -0.320. The fourth-order valence-corrected chi connectivity index (χ4v) is 2.92. The molecule has 0 saturated carbocycles. The molecule has 0 aromatic carbocycles. The van der Waals surface area contributed by atoms with Crippen LogP contribution in [-0.2, 0) is 0 Å². The molecule has 0 amide bonds. The van der Waals surface area contributed by atoms with Crippen LogP contribution in [0.3, 0.4) is 0 Å². The van der Waals surface area contributed by atoms with Crippen molar-refractivity contribution in [2.75, 3.05) is 13.1 Å². The van der Waals surface area contributed by atoms with Crippen LogP contribution in [0.2, 0.25) is 0 Å². The van der Waals surface area contributed by atoms with Gasteiger partial charge in [0.15, 0.2) is 4.67 Å². The summed E-state index contributed by atoms with van der Waals surface area (Å²) >= 11 is 3.34. The smallest absolute Gasteiger partial charge is 0.169 e. The van der Waals surface area contributed by atoms with E-state index in [0.717, 1.165) is 23.5 Å². The van der Waals surface area contributed by atoms with Crippen LogP contribution < -0.4 is 5.73 Å². The number of hydrogen-bond acceptors (Lipinski definition) is 3. The van der Waals surface area contributed by atoms with E-state index in [1.54, 1.807) is 0 Å². The van der Waals surface area contributed by atoms with Gasteiger partial charge in [-0.05, 0) is 60.8 Å². The predicted octanol–water partition coefficient (Wildman–Crippen LogP) is 2.77. The SMILES string of the molecule is CC1CC(CN)CN1C(C)c1ccc(Br)o1. The Morgan fingerprint density at radius 1 is 1.62 bits per heavy atom. The number of halogens is 1. The summed E-state index contributed by atoms with van der Waals surface area (Å²) in [7, 11) is 0. The molecular weight excluding hydrogens is 268 g/mol. The van der Waals surface area contributed by atoms with Crippen molar-refractivity contribution in [2.24, 2.45) is 11.7 Å². The van der Waals surface area contributed by atoms with Crippen molar-refractivity contribution >= 4 is 15.9 Å². The fraction of sp³-hybridized carbons (Fsp3) is 0.667. The Kier molecular flexibility index (Phi) is 3.72. The average molecular weight is 287 g/mol. The highest BCUT2D eigenvalue weighted by atomic mass is 79.9. The van der Waals surface area contributed by atoms with Crippen molar-refractivity contribution in [3.63, 3.8) is 0 Å². The molecular formula is C12H19BrN2O. The molecule has 2 heterocycles. The lowest BCUT2D eigenvalue weighted by Gasteiger charge is -2.27. The molecule has 2 N–H and O–H groups in total. The molecule has 1 aliphatic rings. The van der Waals surface area contributed by atoms with Crippen LogP contribution in [-0.4, -0.2) is 24.0 Å². The van der Waals surface area contributed by atoms with Gasteiger partial charge in [-0.3, -0.25) is 4.90 Å². The molecule has 3 nitrogen and oxygen atoms in total. The van der Waals surface area contributed by atoms with Gasteiger partial charge < -0.3 is 10.2 Å². The molecule has 3 unspecified atom stereocenters. The van der Waals surface area contributed by atoms with Crippen molar-refractivity contribution in [3.05, 3.63) is 22.6 Å². The van der Waals surface area contributed by atoms with Crippen LogP contribution in [0, 0.1) is 5.92 Å². The van der Waals surface area contributed by atoms with Gasteiger partial charge in [0.1, 0.15) is 5.76 Å². The van der Waals surface area contributed by atoms with E-state index < -0.39 is 0 Å². The Bertz CT molecular complexity index is 353. The third-order valence-corrected chi connectivity index (χ3v) is 3.97. The minimum absolute atomic E-state index is 0.331. The van der Waals surface area contributed by atoms with E-state index in [1.165, 1.54) is 6.42 Å². The van der Waals surface area contributed by atoms with Crippen LogP contribution in [0.4, 0.5) is 0 Å². The van der Waals surface area contributed by atoms with Crippen molar-refractivity contribution < 1.29 is 4.42 Å². The number of nitrogens with two attached hydrogens (primary N) is 1. The maximum absolute atomic E-state index is 5.74. The first-order valence-corrected chi connectivity index (χ1v) is 6.62. The van der Waals surface area contributed by atoms with Gasteiger partial charge in [0.25, 0.3) is 0 Å². The highest BCUT2D eigenvalue weighted by Gasteiger charge is 2.32. The highest BCUT2D eigenvalue weighted by molar-refractivity contribution is 9.10. The molecule has 0 spiro atoms. The summed E-state index contributed by atoms with van der Waals surface area (Å²) in [6.07, 6.45) is 1.20. The lowest BCUT2D eigenvalue weighted by Crippen LogP contribution is -2.30. The Morgan fingerprint density at radius 2 is 2.38 bits per heavy atom. The summed E-state index contributed by atoms with van der Waals surface area (Å²) in [6.45, 7) is 6.33. The van der Waals surface area contributed by atoms with Crippen molar-refractivity contribution in [3.8, 4) is 0 Å². The van der Waals surface area contributed by atoms with Gasteiger partial charge in [0, 0.05) is 12.6 Å². The second-order valence-corrected chi connectivity index (χ2v) is 5.48. The standard InChI is InChI=1S/C12H19BrN2O/c1-8-5-10(6-14)7-15(8)9(2)11-3-4-12(13)16-11/h3-4,8-10H,5-7,14H2,1-2H3. The van der Waals surface area contributed by atoms with Crippen molar-refractivity contribution in [1.29, 1.82) is 0 Å². The summed E-state index contributed by atoms with van der Waals surface area (Å²) < 4.78 is 6.42. The Morgan fingerprint density at radius 3 is 2.88 bits per heavy atom. The molecule has 2 rings (SSSR count). The molecule has 90 valence electrons. The molecule has 1 aliphatic heterocycles. The van der Waals surface area contributed by atoms with Gasteiger partial charge in [-0.1, -0.05) is 0 Å². The Labute approximate surface area is 105 Å². The minimum atomic E-state index is 0.331. The molecule has 0 aliphatic carbocycles. The van der Waals surface area contributed by atoms with E-state index in [1.807, 2.05) is 12.1 Å². The molecule has 1 aromatic heterocycles. The van der Waals surface area contributed by atoms with E-state index in [9.17, 15) is 0 Å². The van der Waals surface area contributed by atoms with Crippen LogP contribution in [0.5, 0.6) is 0 Å². The fourth-order valence-electron chi connectivity index (χ4n) is 2.60. The average Bonchev–Trinajstić information content (AvgIpc) is 2.83. The normalized spacial score (nSPS) is 28.5. The van der Waals surface area contributed by atoms with Gasteiger partial charge >= 0.3 is 0 Å². The zero-order valence-electron chi connectivity index (χ0n) is 9.82. The number of furan rings is 1.